The van der Waals surface area contributed by atoms with Gasteiger partial charge in [0.1, 0.15) is 0 Å². The predicted octanol–water partition coefficient (Wildman–Crippen LogP) is 1.83. The Morgan fingerprint density at radius 1 is 1.38 bits per heavy atom. The van der Waals surface area contributed by atoms with Crippen LogP contribution in [0.1, 0.15) is 25.3 Å². The second-order valence-electron chi connectivity index (χ2n) is 2.78. The minimum Gasteiger partial charge on any atom is -0.326 e. The average Bonchev–Trinajstić information content (AvgIpc) is 2.19. The van der Waals surface area contributed by atoms with Crippen molar-refractivity contribution >= 4 is 11.8 Å². The summed E-state index contributed by atoms with van der Waals surface area (Å²) >= 11 is 1.70. The molecule has 0 spiro atoms. The lowest BCUT2D eigenvalue weighted by Crippen LogP contribution is -1.98. The van der Waals surface area contributed by atoms with Gasteiger partial charge in [0.2, 0.25) is 0 Å². The van der Waals surface area contributed by atoms with Crippen LogP contribution < -0.4 is 5.73 Å². The molecule has 1 aromatic heterocycles. The van der Waals surface area contributed by atoms with Crippen molar-refractivity contribution in [2.45, 2.75) is 31.5 Å². The lowest BCUT2D eigenvalue weighted by atomic mass is 10.4. The Labute approximate surface area is 83.2 Å². The number of hydrogen-bond acceptors (Lipinski definition) is 4. The third-order valence-corrected chi connectivity index (χ3v) is 2.61. The molecule has 3 nitrogen and oxygen atoms in total. The van der Waals surface area contributed by atoms with Gasteiger partial charge in [-0.2, -0.15) is 0 Å². The summed E-state index contributed by atoms with van der Waals surface area (Å²) in [6, 6.07) is 0. The highest BCUT2D eigenvalue weighted by Crippen LogP contribution is 2.13. The van der Waals surface area contributed by atoms with Crippen LogP contribution in [0.3, 0.4) is 0 Å². The molecule has 0 aliphatic heterocycles. The van der Waals surface area contributed by atoms with E-state index >= 15 is 0 Å². The molecule has 72 valence electrons. The molecule has 0 aliphatic carbocycles. The minimum atomic E-state index is 0.514. The normalized spacial score (nSPS) is 10.3. The van der Waals surface area contributed by atoms with Crippen molar-refractivity contribution < 1.29 is 0 Å². The summed E-state index contributed by atoms with van der Waals surface area (Å²) in [5, 5.41) is 0.852. The summed E-state index contributed by atoms with van der Waals surface area (Å²) in [7, 11) is 0. The number of nitrogens with zero attached hydrogens (tertiary/aromatic N) is 2. The van der Waals surface area contributed by atoms with Crippen LogP contribution in [0.25, 0.3) is 0 Å². The van der Waals surface area contributed by atoms with Crippen LogP contribution in [-0.4, -0.2) is 15.7 Å². The van der Waals surface area contributed by atoms with Gasteiger partial charge in [0.25, 0.3) is 0 Å². The van der Waals surface area contributed by atoms with E-state index in [0.29, 0.717) is 6.54 Å². The molecule has 0 saturated carbocycles. The predicted molar refractivity (Wildman–Crippen MR) is 55.6 cm³/mol. The molecule has 1 heterocycles. The average molecular weight is 197 g/mol. The third kappa shape index (κ3) is 3.74. The van der Waals surface area contributed by atoms with Crippen LogP contribution in [0.4, 0.5) is 0 Å². The molecule has 0 saturated heterocycles. The summed E-state index contributed by atoms with van der Waals surface area (Å²) in [6.45, 7) is 2.69. The highest BCUT2D eigenvalue weighted by molar-refractivity contribution is 7.99. The quantitative estimate of drug-likeness (QED) is 0.444. The largest absolute Gasteiger partial charge is 0.326 e. The summed E-state index contributed by atoms with van der Waals surface area (Å²) in [5.41, 5.74) is 6.42. The Morgan fingerprint density at radius 3 is 2.62 bits per heavy atom. The maximum atomic E-state index is 5.43. The summed E-state index contributed by atoms with van der Waals surface area (Å²) in [6.07, 6.45) is 6.02. The smallest absolute Gasteiger partial charge is 0.187 e. The molecule has 1 rings (SSSR count). The first-order valence-corrected chi connectivity index (χ1v) is 5.49. The Morgan fingerprint density at radius 2 is 2.08 bits per heavy atom. The Hall–Kier alpha value is -0.610. The van der Waals surface area contributed by atoms with Crippen molar-refractivity contribution in [1.29, 1.82) is 0 Å². The highest BCUT2D eigenvalue weighted by atomic mass is 32.2. The Balaban J connectivity index is 2.40. The minimum absolute atomic E-state index is 0.514. The summed E-state index contributed by atoms with van der Waals surface area (Å²) in [5.74, 6) is 1.10. The van der Waals surface area contributed by atoms with Crippen LogP contribution >= 0.6 is 11.8 Å². The molecule has 0 bridgehead atoms. The highest BCUT2D eigenvalue weighted by Gasteiger charge is 1.96. The van der Waals surface area contributed by atoms with Crippen molar-refractivity contribution in [3.05, 3.63) is 18.0 Å². The van der Waals surface area contributed by atoms with Crippen LogP contribution in [-0.2, 0) is 6.54 Å². The molecular formula is C9H15N3S. The van der Waals surface area contributed by atoms with Gasteiger partial charge in [-0.15, -0.1) is 0 Å². The van der Waals surface area contributed by atoms with Crippen LogP contribution in [0, 0.1) is 0 Å². The van der Waals surface area contributed by atoms with E-state index in [9.17, 15) is 0 Å². The lowest BCUT2D eigenvalue weighted by Gasteiger charge is -1.99. The molecule has 1 aromatic rings. The van der Waals surface area contributed by atoms with E-state index in [1.54, 1.807) is 24.2 Å². The second kappa shape index (κ2) is 5.94. The molecule has 0 aliphatic rings. The SMILES string of the molecule is CCCCSc1ncc(CN)cn1. The van der Waals surface area contributed by atoms with Crippen molar-refractivity contribution in [2.24, 2.45) is 5.73 Å². The fourth-order valence-corrected chi connectivity index (χ4v) is 1.70. The van der Waals surface area contributed by atoms with E-state index in [0.717, 1.165) is 16.5 Å². The zero-order valence-corrected chi connectivity index (χ0v) is 8.68. The fourth-order valence-electron chi connectivity index (χ4n) is 0.831. The van der Waals surface area contributed by atoms with Gasteiger partial charge in [0.05, 0.1) is 0 Å². The second-order valence-corrected chi connectivity index (χ2v) is 3.84. The Kier molecular flexibility index (Phi) is 4.78. The maximum absolute atomic E-state index is 5.43. The van der Waals surface area contributed by atoms with Gasteiger partial charge < -0.3 is 5.73 Å². The van der Waals surface area contributed by atoms with Crippen molar-refractivity contribution in [3.63, 3.8) is 0 Å². The molecule has 0 radical (unpaired) electrons. The Bertz CT molecular complexity index is 235. The first-order valence-electron chi connectivity index (χ1n) is 4.50. The number of aromatic nitrogens is 2. The standard InChI is InChI=1S/C9H15N3S/c1-2-3-4-13-9-11-6-8(5-10)7-12-9/h6-7H,2-5,10H2,1H3. The first-order chi connectivity index (χ1) is 6.36. The van der Waals surface area contributed by atoms with E-state index in [4.69, 9.17) is 5.73 Å². The van der Waals surface area contributed by atoms with Crippen molar-refractivity contribution in [1.82, 2.24) is 9.97 Å². The molecule has 4 heteroatoms. The van der Waals surface area contributed by atoms with Gasteiger partial charge in [0, 0.05) is 30.3 Å². The van der Waals surface area contributed by atoms with Gasteiger partial charge in [-0.05, 0) is 6.42 Å². The monoisotopic (exact) mass is 197 g/mol. The number of nitrogens with two attached hydrogens (primary N) is 1. The third-order valence-electron chi connectivity index (χ3n) is 1.65. The maximum Gasteiger partial charge on any atom is 0.187 e. The summed E-state index contributed by atoms with van der Waals surface area (Å²) in [4.78, 5) is 8.39. The van der Waals surface area contributed by atoms with Gasteiger partial charge in [-0.25, -0.2) is 9.97 Å². The van der Waals surface area contributed by atoms with Gasteiger partial charge in [0.15, 0.2) is 5.16 Å². The molecule has 0 fully saturated rings. The molecule has 0 amide bonds. The zero-order valence-electron chi connectivity index (χ0n) is 7.86. The number of hydrogen-bond donors (Lipinski definition) is 1. The first kappa shape index (κ1) is 10.5. The topological polar surface area (TPSA) is 51.8 Å². The van der Waals surface area contributed by atoms with Gasteiger partial charge in [-0.1, -0.05) is 25.1 Å². The number of unbranched alkanes of at least 4 members (excludes halogenated alkanes) is 1. The van der Waals surface area contributed by atoms with Crippen LogP contribution in [0.15, 0.2) is 17.6 Å². The van der Waals surface area contributed by atoms with Gasteiger partial charge in [-0.3, -0.25) is 0 Å². The number of thioether (sulfide) groups is 1. The van der Waals surface area contributed by atoms with Gasteiger partial charge >= 0.3 is 0 Å². The van der Waals surface area contributed by atoms with E-state index < -0.39 is 0 Å². The molecule has 0 aromatic carbocycles. The molecular weight excluding hydrogens is 182 g/mol. The lowest BCUT2D eigenvalue weighted by molar-refractivity contribution is 0.881. The molecule has 13 heavy (non-hydrogen) atoms. The van der Waals surface area contributed by atoms with Crippen LogP contribution in [0.5, 0.6) is 0 Å². The van der Waals surface area contributed by atoms with Crippen molar-refractivity contribution in [2.75, 3.05) is 5.75 Å². The molecule has 0 unspecified atom stereocenters. The molecule has 2 N–H and O–H groups in total. The van der Waals surface area contributed by atoms with Crippen LogP contribution in [0.2, 0.25) is 0 Å². The van der Waals surface area contributed by atoms with Crippen molar-refractivity contribution in [3.8, 4) is 0 Å². The molecule has 0 atom stereocenters. The zero-order chi connectivity index (χ0) is 9.52. The van der Waals surface area contributed by atoms with E-state index in [-0.39, 0.29) is 0 Å². The van der Waals surface area contributed by atoms with E-state index in [2.05, 4.69) is 16.9 Å². The van der Waals surface area contributed by atoms with E-state index in [1.165, 1.54) is 12.8 Å². The fraction of sp³-hybridized carbons (Fsp3) is 0.556. The van der Waals surface area contributed by atoms with E-state index in [1.807, 2.05) is 0 Å². The summed E-state index contributed by atoms with van der Waals surface area (Å²) < 4.78 is 0. The number of rotatable bonds is 5.